The molecule has 33 heavy (non-hydrogen) atoms. The zero-order chi connectivity index (χ0) is 23.6. The van der Waals surface area contributed by atoms with Gasteiger partial charge < -0.3 is 10.0 Å². The Morgan fingerprint density at radius 3 is 2.52 bits per heavy atom. The van der Waals surface area contributed by atoms with Gasteiger partial charge in [-0.05, 0) is 73.2 Å². The standard InChI is InChI=1S/C26H29N3O2S2/c1-5-29(6-2)20-15-14-19(22(30)17-20)16-23-25(31)27-26(32-23)28-33(3,4)24-13-9-11-18-10-7-8-12-21(18)24/h7-17,30H,5-6H2,1-4H3,(H,27,28,31)/b23-16-. The molecule has 1 aliphatic heterocycles. The lowest BCUT2D eigenvalue weighted by molar-refractivity contribution is -0.115. The quantitative estimate of drug-likeness (QED) is 0.426. The van der Waals surface area contributed by atoms with Gasteiger partial charge in [-0.1, -0.05) is 36.4 Å². The summed E-state index contributed by atoms with van der Waals surface area (Å²) in [5.41, 5.74) is 1.58. The molecule has 0 unspecified atom stereocenters. The lowest BCUT2D eigenvalue weighted by atomic mass is 10.1. The number of amides is 1. The van der Waals surface area contributed by atoms with Crippen LogP contribution < -0.4 is 10.2 Å². The van der Waals surface area contributed by atoms with Crippen LogP contribution in [0.3, 0.4) is 0 Å². The highest BCUT2D eigenvalue weighted by Crippen LogP contribution is 2.54. The van der Waals surface area contributed by atoms with E-state index in [1.165, 1.54) is 27.4 Å². The third-order valence-corrected chi connectivity index (χ3v) is 8.78. The molecule has 0 saturated carbocycles. The third kappa shape index (κ3) is 4.89. The van der Waals surface area contributed by atoms with E-state index in [0.717, 1.165) is 18.8 Å². The largest absolute Gasteiger partial charge is 0.507 e. The van der Waals surface area contributed by atoms with Gasteiger partial charge in [0.25, 0.3) is 5.91 Å². The summed E-state index contributed by atoms with van der Waals surface area (Å²) in [6.45, 7) is 5.89. The molecule has 3 aromatic rings. The van der Waals surface area contributed by atoms with E-state index >= 15 is 0 Å². The maximum atomic E-state index is 12.6. The summed E-state index contributed by atoms with van der Waals surface area (Å²) in [5, 5.41) is 16.4. The van der Waals surface area contributed by atoms with Gasteiger partial charge in [-0.15, -0.1) is 10.2 Å². The van der Waals surface area contributed by atoms with Crippen LogP contribution in [-0.2, 0) is 4.79 Å². The minimum absolute atomic E-state index is 0.160. The molecule has 3 aromatic carbocycles. The molecule has 4 rings (SSSR count). The van der Waals surface area contributed by atoms with Crippen LogP contribution >= 0.6 is 22.0 Å². The Morgan fingerprint density at radius 2 is 1.79 bits per heavy atom. The fraction of sp³-hybridized carbons (Fsp3) is 0.231. The molecule has 0 aromatic heterocycles. The Morgan fingerprint density at radius 1 is 1.06 bits per heavy atom. The Kier molecular flexibility index (Phi) is 6.72. The van der Waals surface area contributed by atoms with E-state index in [0.29, 0.717) is 15.6 Å². The molecule has 0 radical (unpaired) electrons. The van der Waals surface area contributed by atoms with Crippen molar-refractivity contribution in [3.05, 3.63) is 71.1 Å². The van der Waals surface area contributed by atoms with E-state index in [1.54, 1.807) is 12.1 Å². The maximum absolute atomic E-state index is 12.6. The normalized spacial score (nSPS) is 17.0. The number of phenolic OH excluding ortho intramolecular Hbond substituents is 1. The third-order valence-electron chi connectivity index (χ3n) is 5.68. The van der Waals surface area contributed by atoms with Crippen LogP contribution in [0.15, 0.2) is 74.9 Å². The number of carbonyl (C=O) groups excluding carboxylic acids is 1. The summed E-state index contributed by atoms with van der Waals surface area (Å²) in [6.07, 6.45) is 5.99. The van der Waals surface area contributed by atoms with Crippen molar-refractivity contribution in [2.75, 3.05) is 30.5 Å². The van der Waals surface area contributed by atoms with E-state index < -0.39 is 10.2 Å². The lowest BCUT2D eigenvalue weighted by Gasteiger charge is -2.28. The molecule has 0 spiro atoms. The molecule has 0 aliphatic carbocycles. The molecule has 1 aliphatic rings. The van der Waals surface area contributed by atoms with Crippen molar-refractivity contribution in [3.63, 3.8) is 0 Å². The molecule has 2 N–H and O–H groups in total. The molecule has 5 nitrogen and oxygen atoms in total. The second-order valence-corrected chi connectivity index (χ2v) is 12.3. The highest BCUT2D eigenvalue weighted by atomic mass is 32.3. The minimum atomic E-state index is -1.55. The summed E-state index contributed by atoms with van der Waals surface area (Å²) < 4.78 is 4.97. The maximum Gasteiger partial charge on any atom is 0.264 e. The number of aromatic hydroxyl groups is 1. The van der Waals surface area contributed by atoms with Gasteiger partial charge in [-0.25, -0.2) is 4.40 Å². The van der Waals surface area contributed by atoms with Crippen LogP contribution in [0.5, 0.6) is 5.75 Å². The summed E-state index contributed by atoms with van der Waals surface area (Å²) in [7, 11) is -1.55. The van der Waals surface area contributed by atoms with Crippen LogP contribution in [-0.4, -0.2) is 41.8 Å². The molecule has 1 amide bonds. The molecule has 1 saturated heterocycles. The topological polar surface area (TPSA) is 64.9 Å². The molecule has 172 valence electrons. The first-order valence-electron chi connectivity index (χ1n) is 10.9. The number of nitrogens with zero attached hydrogens (tertiary/aromatic N) is 2. The Balaban J connectivity index is 1.61. The zero-order valence-electron chi connectivity index (χ0n) is 19.3. The summed E-state index contributed by atoms with van der Waals surface area (Å²) >= 11 is 1.32. The van der Waals surface area contributed by atoms with Gasteiger partial charge in [0, 0.05) is 35.3 Å². The monoisotopic (exact) mass is 479 g/mol. The number of anilines is 1. The number of benzene rings is 3. The predicted octanol–water partition coefficient (Wildman–Crippen LogP) is 5.99. The van der Waals surface area contributed by atoms with Crippen LogP contribution in [0.25, 0.3) is 16.8 Å². The fourth-order valence-corrected chi connectivity index (χ4v) is 7.02. The van der Waals surface area contributed by atoms with Crippen molar-refractivity contribution >= 4 is 55.6 Å². The van der Waals surface area contributed by atoms with Gasteiger partial charge in [0.05, 0.1) is 4.91 Å². The number of thioether (sulfide) groups is 1. The number of hydrogen-bond donors (Lipinski definition) is 2. The van der Waals surface area contributed by atoms with Crippen molar-refractivity contribution in [1.82, 2.24) is 5.32 Å². The molecule has 0 bridgehead atoms. The molecule has 1 fully saturated rings. The first-order chi connectivity index (χ1) is 15.8. The average molecular weight is 480 g/mol. The Bertz CT molecular complexity index is 1260. The van der Waals surface area contributed by atoms with E-state index in [2.05, 4.69) is 66.9 Å². The first-order valence-corrected chi connectivity index (χ1v) is 14.1. The van der Waals surface area contributed by atoms with Gasteiger partial charge in [-0.3, -0.25) is 10.1 Å². The van der Waals surface area contributed by atoms with Crippen LogP contribution in [0.2, 0.25) is 0 Å². The molecule has 1 heterocycles. The smallest absolute Gasteiger partial charge is 0.264 e. The van der Waals surface area contributed by atoms with Gasteiger partial charge in [-0.2, -0.15) is 0 Å². The van der Waals surface area contributed by atoms with Gasteiger partial charge >= 0.3 is 0 Å². The number of hydrogen-bond acceptors (Lipinski definition) is 5. The molecule has 7 heteroatoms. The van der Waals surface area contributed by atoms with Crippen molar-refractivity contribution in [3.8, 4) is 5.75 Å². The highest BCUT2D eigenvalue weighted by Gasteiger charge is 2.27. The fourth-order valence-electron chi connectivity index (χ4n) is 3.94. The predicted molar refractivity (Wildman–Crippen MR) is 144 cm³/mol. The molecule has 0 atom stereocenters. The average Bonchev–Trinajstić information content (AvgIpc) is 3.13. The van der Waals surface area contributed by atoms with Gasteiger partial charge in [0.1, 0.15) is 5.75 Å². The van der Waals surface area contributed by atoms with Crippen LogP contribution in [0, 0.1) is 0 Å². The van der Waals surface area contributed by atoms with Crippen molar-refractivity contribution in [2.24, 2.45) is 4.40 Å². The van der Waals surface area contributed by atoms with Crippen molar-refractivity contribution in [2.45, 2.75) is 18.7 Å². The second-order valence-electron chi connectivity index (χ2n) is 8.13. The summed E-state index contributed by atoms with van der Waals surface area (Å²) in [4.78, 5) is 16.5. The van der Waals surface area contributed by atoms with Gasteiger partial charge in [0.2, 0.25) is 0 Å². The lowest BCUT2D eigenvalue weighted by Crippen LogP contribution is -2.21. The second kappa shape index (κ2) is 9.53. The van der Waals surface area contributed by atoms with Crippen molar-refractivity contribution < 1.29 is 9.90 Å². The number of carbonyl (C=O) groups is 1. The van der Waals surface area contributed by atoms with E-state index in [-0.39, 0.29) is 11.7 Å². The van der Waals surface area contributed by atoms with Crippen LogP contribution in [0.4, 0.5) is 5.69 Å². The Hall–Kier alpha value is -2.90. The molecular formula is C26H29N3O2S2. The first kappa shape index (κ1) is 23.3. The van der Waals surface area contributed by atoms with Gasteiger partial charge in [0.15, 0.2) is 5.17 Å². The van der Waals surface area contributed by atoms with E-state index in [1.807, 2.05) is 24.3 Å². The number of phenols is 1. The Labute approximate surface area is 201 Å². The molecular weight excluding hydrogens is 450 g/mol. The number of rotatable bonds is 6. The van der Waals surface area contributed by atoms with Crippen molar-refractivity contribution in [1.29, 1.82) is 0 Å². The van der Waals surface area contributed by atoms with Crippen LogP contribution in [0.1, 0.15) is 19.4 Å². The minimum Gasteiger partial charge on any atom is -0.507 e. The number of fused-ring (bicyclic) bond motifs is 1. The van der Waals surface area contributed by atoms with E-state index in [4.69, 9.17) is 4.40 Å². The number of amidine groups is 1. The zero-order valence-corrected chi connectivity index (χ0v) is 21.0. The summed E-state index contributed by atoms with van der Waals surface area (Å²) in [6, 6.07) is 20.2. The summed E-state index contributed by atoms with van der Waals surface area (Å²) in [5.74, 6) is -0.0357. The van der Waals surface area contributed by atoms with E-state index in [9.17, 15) is 9.90 Å². The highest BCUT2D eigenvalue weighted by molar-refractivity contribution is 8.32. The SMILES string of the molecule is CCN(CC)c1ccc(/C=C2\S/C(=N/S(C)(C)c3cccc4ccccc34)NC2=O)c(O)c1. The number of nitrogens with one attached hydrogen (secondary N) is 1.